The van der Waals surface area contributed by atoms with Gasteiger partial charge in [-0.3, -0.25) is 14.5 Å². The maximum atomic E-state index is 11.9. The monoisotopic (exact) mass is 262 g/mol. The number of fused-ring (bicyclic) bond motifs is 1. The Labute approximate surface area is 107 Å². The molecule has 0 saturated carbocycles. The topological polar surface area (TPSA) is 63.4 Å². The van der Waals surface area contributed by atoms with Crippen LogP contribution in [0.25, 0.3) is 0 Å². The lowest BCUT2D eigenvalue weighted by Gasteiger charge is -2.14. The molecule has 0 unspecified atom stereocenters. The molecule has 0 N–H and O–H groups in total. The fraction of sp³-hybridized carbons (Fsp3) is 0.0833. The Bertz CT molecular complexity index is 637. The fourth-order valence-corrected chi connectivity index (χ4v) is 2.07. The van der Waals surface area contributed by atoms with E-state index >= 15 is 0 Å². The summed E-state index contributed by atoms with van der Waals surface area (Å²) in [5.74, 6) is -0.603. The van der Waals surface area contributed by atoms with Gasteiger partial charge >= 0.3 is 0 Å². The normalized spacial score (nSPS) is 14.2. The first-order valence-corrected chi connectivity index (χ1v) is 5.60. The van der Waals surface area contributed by atoms with Crippen LogP contribution in [0.15, 0.2) is 35.0 Å². The van der Waals surface area contributed by atoms with E-state index in [0.717, 1.165) is 0 Å². The second kappa shape index (κ2) is 3.96. The van der Waals surface area contributed by atoms with Crippen molar-refractivity contribution in [2.45, 2.75) is 6.54 Å². The van der Waals surface area contributed by atoms with Gasteiger partial charge < -0.3 is 4.52 Å². The number of aromatic nitrogens is 1. The van der Waals surface area contributed by atoms with Gasteiger partial charge in [0.25, 0.3) is 11.7 Å². The molecule has 6 heteroatoms. The van der Waals surface area contributed by atoms with Gasteiger partial charge in [0.05, 0.1) is 24.0 Å². The van der Waals surface area contributed by atoms with Gasteiger partial charge in [-0.1, -0.05) is 16.8 Å². The van der Waals surface area contributed by atoms with Gasteiger partial charge in [0, 0.05) is 11.1 Å². The molecule has 1 amide bonds. The van der Waals surface area contributed by atoms with Crippen molar-refractivity contribution >= 4 is 29.0 Å². The average Bonchev–Trinajstić information content (AvgIpc) is 2.93. The third-order valence-corrected chi connectivity index (χ3v) is 2.97. The van der Waals surface area contributed by atoms with Gasteiger partial charge in [-0.25, -0.2) is 0 Å². The maximum Gasteiger partial charge on any atom is 0.299 e. The summed E-state index contributed by atoms with van der Waals surface area (Å²) >= 11 is 5.88. The third kappa shape index (κ3) is 1.60. The Morgan fingerprint density at radius 2 is 2.11 bits per heavy atom. The summed E-state index contributed by atoms with van der Waals surface area (Å²) in [5.41, 5.74) is 0.873. The molecule has 1 aromatic carbocycles. The summed E-state index contributed by atoms with van der Waals surface area (Å²) in [6.07, 6.45) is 1.48. The highest BCUT2D eigenvalue weighted by Crippen LogP contribution is 2.32. The Morgan fingerprint density at radius 3 is 2.83 bits per heavy atom. The first-order valence-electron chi connectivity index (χ1n) is 5.22. The Kier molecular flexibility index (Phi) is 2.41. The van der Waals surface area contributed by atoms with Gasteiger partial charge in [0.1, 0.15) is 0 Å². The number of carbonyl (C=O) groups excluding carboxylic acids is 2. The average molecular weight is 263 g/mol. The number of benzene rings is 1. The van der Waals surface area contributed by atoms with Crippen molar-refractivity contribution in [2.24, 2.45) is 0 Å². The highest BCUT2D eigenvalue weighted by atomic mass is 35.5. The van der Waals surface area contributed by atoms with Crippen LogP contribution in [-0.2, 0) is 11.3 Å². The molecule has 0 bridgehead atoms. The molecule has 5 nitrogen and oxygen atoms in total. The maximum absolute atomic E-state index is 11.9. The van der Waals surface area contributed by atoms with Crippen LogP contribution in [0.5, 0.6) is 0 Å². The van der Waals surface area contributed by atoms with Crippen molar-refractivity contribution in [2.75, 3.05) is 4.90 Å². The van der Waals surface area contributed by atoms with Crippen molar-refractivity contribution in [3.05, 3.63) is 46.8 Å². The first kappa shape index (κ1) is 11.0. The molecule has 2 heterocycles. The number of halogens is 1. The predicted octanol–water partition coefficient (Wildman–Crippen LogP) is 2.06. The van der Waals surface area contributed by atoms with Crippen molar-refractivity contribution in [3.8, 4) is 0 Å². The fourth-order valence-electron chi connectivity index (χ4n) is 1.90. The molecule has 1 aliphatic rings. The van der Waals surface area contributed by atoms with E-state index in [1.807, 2.05) is 0 Å². The molecule has 2 aromatic rings. The van der Waals surface area contributed by atoms with Crippen LogP contribution in [0.2, 0.25) is 5.02 Å². The van der Waals surface area contributed by atoms with E-state index in [2.05, 4.69) is 5.16 Å². The highest BCUT2D eigenvalue weighted by Gasteiger charge is 2.36. The summed E-state index contributed by atoms with van der Waals surface area (Å²) in [5, 5.41) is 4.03. The lowest BCUT2D eigenvalue weighted by molar-refractivity contribution is -0.114. The summed E-state index contributed by atoms with van der Waals surface area (Å²) in [6.45, 7) is 0.165. The Morgan fingerprint density at radius 1 is 1.28 bits per heavy atom. The van der Waals surface area contributed by atoms with Crippen LogP contribution in [0, 0.1) is 0 Å². The summed E-state index contributed by atoms with van der Waals surface area (Å²) in [6, 6.07) is 6.37. The number of anilines is 1. The molecule has 0 atom stereocenters. The van der Waals surface area contributed by atoms with Crippen LogP contribution in [0.1, 0.15) is 16.1 Å². The molecule has 0 saturated heterocycles. The van der Waals surface area contributed by atoms with Gasteiger partial charge in [-0.2, -0.15) is 0 Å². The lowest BCUT2D eigenvalue weighted by atomic mass is 10.1. The Balaban J connectivity index is 2.03. The molecular weight excluding hydrogens is 256 g/mol. The zero-order chi connectivity index (χ0) is 12.7. The molecule has 0 spiro atoms. The predicted molar refractivity (Wildman–Crippen MR) is 63.5 cm³/mol. The number of carbonyl (C=O) groups is 2. The van der Waals surface area contributed by atoms with E-state index in [4.69, 9.17) is 16.1 Å². The number of amides is 1. The van der Waals surface area contributed by atoms with Crippen LogP contribution in [0.4, 0.5) is 5.69 Å². The SMILES string of the molecule is O=C1C(=O)N(Cc2ccno2)c2cc(Cl)ccc21. The quantitative estimate of drug-likeness (QED) is 0.777. The van der Waals surface area contributed by atoms with E-state index in [0.29, 0.717) is 22.0 Å². The Hall–Kier alpha value is -2.14. The second-order valence-electron chi connectivity index (χ2n) is 3.86. The van der Waals surface area contributed by atoms with Crippen LogP contribution >= 0.6 is 11.6 Å². The number of nitrogens with zero attached hydrogens (tertiary/aromatic N) is 2. The minimum Gasteiger partial charge on any atom is -0.359 e. The molecule has 18 heavy (non-hydrogen) atoms. The number of hydrogen-bond donors (Lipinski definition) is 0. The van der Waals surface area contributed by atoms with Gasteiger partial charge in [-0.15, -0.1) is 0 Å². The van der Waals surface area contributed by atoms with Gasteiger partial charge in [0.2, 0.25) is 0 Å². The van der Waals surface area contributed by atoms with E-state index in [1.54, 1.807) is 24.3 Å². The van der Waals surface area contributed by atoms with E-state index in [1.165, 1.54) is 11.1 Å². The van der Waals surface area contributed by atoms with E-state index in [-0.39, 0.29) is 6.54 Å². The standard InChI is InChI=1S/C12H7ClN2O3/c13-7-1-2-9-10(5-7)15(12(17)11(9)16)6-8-3-4-14-18-8/h1-5H,6H2. The number of ketones is 1. The second-order valence-corrected chi connectivity index (χ2v) is 4.30. The summed E-state index contributed by atoms with van der Waals surface area (Å²) in [7, 11) is 0. The van der Waals surface area contributed by atoms with Crippen molar-refractivity contribution in [1.29, 1.82) is 0 Å². The first-order chi connectivity index (χ1) is 8.66. The van der Waals surface area contributed by atoms with Gasteiger partial charge in [-0.05, 0) is 18.2 Å². The summed E-state index contributed by atoms with van der Waals surface area (Å²) < 4.78 is 4.94. The van der Waals surface area contributed by atoms with Crippen molar-refractivity contribution < 1.29 is 14.1 Å². The molecule has 1 aromatic heterocycles. The zero-order valence-corrected chi connectivity index (χ0v) is 9.85. The van der Waals surface area contributed by atoms with Crippen molar-refractivity contribution in [1.82, 2.24) is 5.16 Å². The largest absolute Gasteiger partial charge is 0.359 e. The molecule has 0 radical (unpaired) electrons. The molecule has 0 aliphatic carbocycles. The van der Waals surface area contributed by atoms with Crippen LogP contribution in [-0.4, -0.2) is 16.8 Å². The summed E-state index contributed by atoms with van der Waals surface area (Å²) in [4.78, 5) is 25.0. The van der Waals surface area contributed by atoms with Crippen LogP contribution < -0.4 is 4.90 Å². The lowest BCUT2D eigenvalue weighted by Crippen LogP contribution is -2.28. The van der Waals surface area contributed by atoms with Crippen molar-refractivity contribution in [3.63, 3.8) is 0 Å². The minimum atomic E-state index is -0.580. The smallest absolute Gasteiger partial charge is 0.299 e. The number of rotatable bonds is 2. The minimum absolute atomic E-state index is 0.165. The van der Waals surface area contributed by atoms with E-state index in [9.17, 15) is 9.59 Å². The molecular formula is C12H7ClN2O3. The van der Waals surface area contributed by atoms with E-state index < -0.39 is 11.7 Å². The zero-order valence-electron chi connectivity index (χ0n) is 9.09. The molecule has 3 rings (SSSR count). The number of hydrogen-bond acceptors (Lipinski definition) is 4. The van der Waals surface area contributed by atoms with Crippen LogP contribution in [0.3, 0.4) is 0 Å². The molecule has 1 aliphatic heterocycles. The highest BCUT2D eigenvalue weighted by molar-refractivity contribution is 6.52. The molecule has 0 fully saturated rings. The third-order valence-electron chi connectivity index (χ3n) is 2.74. The number of Topliss-reactive ketones (excluding diaryl/α,β-unsaturated/α-hetero) is 1. The van der Waals surface area contributed by atoms with Gasteiger partial charge in [0.15, 0.2) is 5.76 Å². The molecule has 90 valence electrons.